The molecule has 0 amide bonds. The summed E-state index contributed by atoms with van der Waals surface area (Å²) < 4.78 is 22.7. The number of allylic oxidation sites excluding steroid dienone is 6. The van der Waals surface area contributed by atoms with E-state index < -0.39 is 24.3 Å². The fourth-order valence-electron chi connectivity index (χ4n) is 9.03. The van der Waals surface area contributed by atoms with Gasteiger partial charge in [-0.3, -0.25) is 9.59 Å². The number of carbonyl (C=O) groups is 3. The number of carboxylic acid groups (broad SMARTS) is 1. The van der Waals surface area contributed by atoms with Gasteiger partial charge >= 0.3 is 11.9 Å². The molecule has 0 spiro atoms. The third kappa shape index (κ3) is 57.1. The Hall–Kier alpha value is -2.49. The Balaban J connectivity index is 4.12. The molecule has 0 aliphatic heterocycles. The minimum Gasteiger partial charge on any atom is -0.545 e. The van der Waals surface area contributed by atoms with E-state index in [1.807, 2.05) is 21.1 Å². The highest BCUT2D eigenvalue weighted by atomic mass is 16.7. The first-order valence-electron chi connectivity index (χ1n) is 31.1. The molecular formula is C64H119NO8. The van der Waals surface area contributed by atoms with E-state index in [1.165, 1.54) is 212 Å². The summed E-state index contributed by atoms with van der Waals surface area (Å²) in [5.41, 5.74) is 0. The lowest BCUT2D eigenvalue weighted by molar-refractivity contribution is -0.870. The molecule has 0 radical (unpaired) electrons. The maximum Gasteiger partial charge on any atom is 0.306 e. The van der Waals surface area contributed by atoms with Crippen LogP contribution in [0.15, 0.2) is 36.5 Å². The number of unbranched alkanes of at least 4 members (excludes halogenated alkanes) is 37. The van der Waals surface area contributed by atoms with Gasteiger partial charge in [-0.1, -0.05) is 249 Å². The SMILES string of the molecule is CCCCC/C=C\C/C=C\CCCCCCCCCCCC(=O)OC(COC(=O)CCCCCCCCCCCCCCCCCCC/C=C\CCCCCCCCCC)COC(OCC[N+](C)(C)C)C(=O)[O-]. The molecule has 9 nitrogen and oxygen atoms in total. The first-order chi connectivity index (χ1) is 35.6. The van der Waals surface area contributed by atoms with Gasteiger partial charge in [0.2, 0.25) is 0 Å². The topological polar surface area (TPSA) is 111 Å². The number of esters is 2. The average molecular weight is 1030 g/mol. The zero-order chi connectivity index (χ0) is 53.4. The van der Waals surface area contributed by atoms with Crippen LogP contribution < -0.4 is 5.11 Å². The molecule has 2 unspecified atom stereocenters. The fraction of sp³-hybridized carbons (Fsp3) is 0.859. The van der Waals surface area contributed by atoms with Crippen molar-refractivity contribution in [3.05, 3.63) is 36.5 Å². The van der Waals surface area contributed by atoms with E-state index in [-0.39, 0.29) is 32.2 Å². The van der Waals surface area contributed by atoms with Gasteiger partial charge < -0.3 is 33.3 Å². The van der Waals surface area contributed by atoms with Crippen molar-refractivity contribution in [2.75, 3.05) is 47.5 Å². The summed E-state index contributed by atoms with van der Waals surface area (Å²) >= 11 is 0. The van der Waals surface area contributed by atoms with Crippen molar-refractivity contribution in [2.24, 2.45) is 0 Å². The average Bonchev–Trinajstić information content (AvgIpc) is 3.36. The molecule has 0 aromatic carbocycles. The summed E-state index contributed by atoms with van der Waals surface area (Å²) in [6.07, 6.45) is 64.9. The highest BCUT2D eigenvalue weighted by molar-refractivity contribution is 5.70. The molecule has 0 aliphatic carbocycles. The summed E-state index contributed by atoms with van der Waals surface area (Å²) in [7, 11) is 5.93. The second-order valence-corrected chi connectivity index (χ2v) is 22.3. The molecule has 0 saturated heterocycles. The quantitative estimate of drug-likeness (QED) is 0.0195. The maximum atomic E-state index is 12.9. The number of hydrogen-bond donors (Lipinski definition) is 0. The smallest absolute Gasteiger partial charge is 0.306 e. The van der Waals surface area contributed by atoms with Gasteiger partial charge in [-0.2, -0.15) is 0 Å². The maximum absolute atomic E-state index is 12.9. The third-order valence-corrected chi connectivity index (χ3v) is 13.9. The Kier molecular flexibility index (Phi) is 53.8. The Labute approximate surface area is 451 Å². The number of nitrogens with zero attached hydrogens (tertiary/aromatic N) is 1. The second-order valence-electron chi connectivity index (χ2n) is 22.3. The summed E-state index contributed by atoms with van der Waals surface area (Å²) in [5.74, 6) is -2.27. The third-order valence-electron chi connectivity index (χ3n) is 13.9. The van der Waals surface area contributed by atoms with Gasteiger partial charge in [-0.05, 0) is 70.6 Å². The van der Waals surface area contributed by atoms with Crippen LogP contribution in [-0.2, 0) is 33.3 Å². The van der Waals surface area contributed by atoms with Crippen LogP contribution in [0.2, 0.25) is 0 Å². The van der Waals surface area contributed by atoms with Crippen molar-refractivity contribution < 1.29 is 42.9 Å². The lowest BCUT2D eigenvalue weighted by Crippen LogP contribution is -2.44. The van der Waals surface area contributed by atoms with Gasteiger partial charge in [0.25, 0.3) is 0 Å². The number of carbonyl (C=O) groups excluding carboxylic acids is 3. The normalized spacial score (nSPS) is 12.9. The van der Waals surface area contributed by atoms with E-state index in [0.717, 1.165) is 51.4 Å². The molecule has 428 valence electrons. The van der Waals surface area contributed by atoms with Crippen molar-refractivity contribution in [3.8, 4) is 0 Å². The summed E-state index contributed by atoms with van der Waals surface area (Å²) in [6, 6.07) is 0. The van der Waals surface area contributed by atoms with Crippen LogP contribution in [0.5, 0.6) is 0 Å². The molecule has 0 aromatic rings. The van der Waals surface area contributed by atoms with Gasteiger partial charge in [0, 0.05) is 12.8 Å². The molecule has 0 bridgehead atoms. The number of quaternary nitrogens is 1. The van der Waals surface area contributed by atoms with E-state index in [0.29, 0.717) is 23.9 Å². The number of rotatable bonds is 58. The number of hydrogen-bond acceptors (Lipinski definition) is 8. The van der Waals surface area contributed by atoms with Crippen LogP contribution in [0.3, 0.4) is 0 Å². The number of carboxylic acids is 1. The summed E-state index contributed by atoms with van der Waals surface area (Å²) in [4.78, 5) is 37.3. The van der Waals surface area contributed by atoms with Crippen LogP contribution in [0.4, 0.5) is 0 Å². The standard InChI is InChI=1S/C64H119NO8/c1-6-8-10-12-14-16-18-20-22-24-26-27-28-29-30-31-32-33-34-35-37-38-40-42-44-46-48-50-52-54-61(66)71-58-60(59-72-64(63(68)69)70-57-56-65(3,4)5)73-62(67)55-53-51-49-47-45-43-41-39-36-25-23-21-19-17-15-13-11-9-7-2/h15,17,21,23-24,26,60,64H,6-14,16,18-20,22,25,27-59H2,1-5H3/b17-15-,23-21-,26-24-. The van der Waals surface area contributed by atoms with Gasteiger partial charge in [0.05, 0.1) is 40.3 Å². The Morgan fingerprint density at radius 3 is 1.12 bits per heavy atom. The molecule has 0 fully saturated rings. The first-order valence-corrected chi connectivity index (χ1v) is 31.1. The minimum atomic E-state index is -1.62. The van der Waals surface area contributed by atoms with E-state index in [1.54, 1.807) is 0 Å². The first kappa shape index (κ1) is 70.5. The fourth-order valence-corrected chi connectivity index (χ4v) is 9.03. The van der Waals surface area contributed by atoms with Gasteiger partial charge in [-0.15, -0.1) is 0 Å². The van der Waals surface area contributed by atoms with Crippen LogP contribution in [0.1, 0.15) is 296 Å². The van der Waals surface area contributed by atoms with E-state index in [2.05, 4.69) is 50.3 Å². The zero-order valence-electron chi connectivity index (χ0n) is 48.8. The molecule has 9 heteroatoms. The van der Waals surface area contributed by atoms with E-state index >= 15 is 0 Å². The van der Waals surface area contributed by atoms with Gasteiger partial charge in [0.1, 0.15) is 13.2 Å². The monoisotopic (exact) mass is 1030 g/mol. The van der Waals surface area contributed by atoms with Crippen molar-refractivity contribution in [2.45, 2.75) is 309 Å². The largest absolute Gasteiger partial charge is 0.545 e. The number of aliphatic carboxylic acids is 1. The Morgan fingerprint density at radius 1 is 0.411 bits per heavy atom. The lowest BCUT2D eigenvalue weighted by Gasteiger charge is -2.26. The Bertz CT molecular complexity index is 1290. The minimum absolute atomic E-state index is 0.148. The predicted molar refractivity (Wildman–Crippen MR) is 306 cm³/mol. The number of ether oxygens (including phenoxy) is 4. The molecule has 0 heterocycles. The van der Waals surface area contributed by atoms with Crippen molar-refractivity contribution in [1.29, 1.82) is 0 Å². The number of likely N-dealkylation sites (N-methyl/N-ethyl adjacent to an activating group) is 1. The summed E-state index contributed by atoms with van der Waals surface area (Å²) in [6.45, 7) is 4.76. The molecular weight excluding hydrogens is 911 g/mol. The summed E-state index contributed by atoms with van der Waals surface area (Å²) in [5, 5.41) is 11.8. The molecule has 73 heavy (non-hydrogen) atoms. The van der Waals surface area contributed by atoms with Crippen LogP contribution in [0.25, 0.3) is 0 Å². The van der Waals surface area contributed by atoms with Gasteiger partial charge in [0.15, 0.2) is 12.4 Å². The van der Waals surface area contributed by atoms with Crippen molar-refractivity contribution in [1.82, 2.24) is 0 Å². The molecule has 0 rings (SSSR count). The zero-order valence-corrected chi connectivity index (χ0v) is 48.8. The molecule has 0 aliphatic rings. The lowest BCUT2D eigenvalue weighted by atomic mass is 10.0. The second kappa shape index (κ2) is 55.7. The van der Waals surface area contributed by atoms with E-state index in [9.17, 15) is 19.5 Å². The highest BCUT2D eigenvalue weighted by Gasteiger charge is 2.22. The van der Waals surface area contributed by atoms with Crippen LogP contribution >= 0.6 is 0 Å². The molecule has 2 atom stereocenters. The predicted octanol–water partition coefficient (Wildman–Crippen LogP) is 17.1. The van der Waals surface area contributed by atoms with Gasteiger partial charge in [-0.25, -0.2) is 0 Å². The van der Waals surface area contributed by atoms with Crippen molar-refractivity contribution >= 4 is 17.9 Å². The van der Waals surface area contributed by atoms with Crippen LogP contribution in [0, 0.1) is 0 Å². The van der Waals surface area contributed by atoms with Crippen LogP contribution in [-0.4, -0.2) is 82.3 Å². The molecule has 0 saturated carbocycles. The van der Waals surface area contributed by atoms with E-state index in [4.69, 9.17) is 18.9 Å². The Morgan fingerprint density at radius 2 is 0.740 bits per heavy atom. The van der Waals surface area contributed by atoms with Crippen molar-refractivity contribution in [3.63, 3.8) is 0 Å². The highest BCUT2D eigenvalue weighted by Crippen LogP contribution is 2.17. The molecule has 0 N–H and O–H groups in total. The molecule has 0 aromatic heterocycles.